The molecule has 0 aromatic rings. The summed E-state index contributed by atoms with van der Waals surface area (Å²) in [7, 11) is 3.89. The van der Waals surface area contributed by atoms with Crippen LogP contribution in [0.1, 0.15) is 6.92 Å². The molecule has 0 saturated heterocycles. The molecule has 0 aromatic heterocycles. The normalized spacial score (nSPS) is 13.7. The summed E-state index contributed by atoms with van der Waals surface area (Å²) in [4.78, 5) is 6.03. The van der Waals surface area contributed by atoms with Gasteiger partial charge in [0.15, 0.2) is 0 Å². The number of hydrogen-bond acceptors (Lipinski definition) is 1. The molecule has 0 amide bonds. The highest BCUT2D eigenvalue weighted by atomic mass is 15.1. The lowest BCUT2D eigenvalue weighted by atomic mass is 10.4. The molecule has 2 nitrogen and oxygen atoms in total. The lowest BCUT2D eigenvalue weighted by molar-refractivity contribution is 0.636. The van der Waals surface area contributed by atoms with E-state index in [9.17, 15) is 0 Å². The summed E-state index contributed by atoms with van der Waals surface area (Å²) < 4.78 is 0. The molecule has 0 bridgehead atoms. The molecule has 0 saturated carbocycles. The first-order valence-corrected chi connectivity index (χ1v) is 2.99. The van der Waals surface area contributed by atoms with Crippen LogP contribution in [0.15, 0.2) is 17.6 Å². The number of aliphatic imine (C=N–C) groups is 1. The van der Waals surface area contributed by atoms with Gasteiger partial charge in [0.05, 0.1) is 12.4 Å². The van der Waals surface area contributed by atoms with Crippen LogP contribution in [0.4, 0.5) is 0 Å². The maximum Gasteiger partial charge on any atom is 0.0851 e. The summed E-state index contributed by atoms with van der Waals surface area (Å²) in [5.41, 5.74) is 0. The van der Waals surface area contributed by atoms with E-state index < -0.39 is 0 Å². The summed E-state index contributed by atoms with van der Waals surface area (Å²) >= 11 is 0. The highest BCUT2D eigenvalue weighted by Gasteiger charge is 1.85. The molecule has 1 unspecified atom stereocenters. The van der Waals surface area contributed by atoms with Crippen LogP contribution >= 0.6 is 0 Å². The fourth-order valence-electron chi connectivity index (χ4n) is 0.299. The minimum Gasteiger partial charge on any atom is -0.369 e. The van der Waals surface area contributed by atoms with E-state index >= 15 is 0 Å². The molecule has 2 heteroatoms. The van der Waals surface area contributed by atoms with E-state index in [2.05, 4.69) is 11.6 Å². The Morgan fingerprint density at radius 3 is 2.44 bits per heavy atom. The Bertz CT molecular complexity index is 105. The molecular formula is C7H14N2. The van der Waals surface area contributed by atoms with Crippen molar-refractivity contribution in [1.82, 2.24) is 4.90 Å². The maximum atomic E-state index is 4.12. The van der Waals surface area contributed by atoms with E-state index in [1.807, 2.05) is 25.9 Å². The number of rotatable bonds is 3. The van der Waals surface area contributed by atoms with E-state index in [1.54, 1.807) is 12.4 Å². The molecule has 0 aromatic carbocycles. The third-order valence-electron chi connectivity index (χ3n) is 0.874. The van der Waals surface area contributed by atoms with Gasteiger partial charge in [0.2, 0.25) is 0 Å². The quantitative estimate of drug-likeness (QED) is 0.314. The van der Waals surface area contributed by atoms with Crippen molar-refractivity contribution in [2.24, 2.45) is 4.99 Å². The fraction of sp³-hybridized carbons (Fsp3) is 0.571. The van der Waals surface area contributed by atoms with Gasteiger partial charge in [0, 0.05) is 14.1 Å². The summed E-state index contributed by atoms with van der Waals surface area (Å²) in [6.07, 6.45) is 3.59. The summed E-state index contributed by atoms with van der Waals surface area (Å²) in [6.45, 7) is 5.60. The monoisotopic (exact) mass is 126 g/mol. The summed E-state index contributed by atoms with van der Waals surface area (Å²) in [5.74, 6) is 0. The van der Waals surface area contributed by atoms with Gasteiger partial charge in [-0.15, -0.1) is 6.58 Å². The SMILES string of the molecule is C=CC(C)N=CN(C)C. The van der Waals surface area contributed by atoms with Crippen molar-refractivity contribution in [2.75, 3.05) is 14.1 Å². The largest absolute Gasteiger partial charge is 0.369 e. The number of hydrogen-bond donors (Lipinski definition) is 0. The van der Waals surface area contributed by atoms with E-state index in [0.29, 0.717) is 0 Å². The van der Waals surface area contributed by atoms with Crippen LogP contribution in [0.2, 0.25) is 0 Å². The first-order chi connectivity index (χ1) is 4.16. The molecule has 9 heavy (non-hydrogen) atoms. The average molecular weight is 126 g/mol. The molecule has 0 fully saturated rings. The third-order valence-corrected chi connectivity index (χ3v) is 0.874. The minimum atomic E-state index is 0.229. The molecule has 0 spiro atoms. The van der Waals surface area contributed by atoms with Gasteiger partial charge in [-0.1, -0.05) is 6.08 Å². The van der Waals surface area contributed by atoms with E-state index in [-0.39, 0.29) is 6.04 Å². The molecule has 0 radical (unpaired) electrons. The molecule has 0 aliphatic carbocycles. The van der Waals surface area contributed by atoms with Crippen molar-refractivity contribution in [3.63, 3.8) is 0 Å². The summed E-state index contributed by atoms with van der Waals surface area (Å²) in [6, 6.07) is 0.229. The first-order valence-electron chi connectivity index (χ1n) is 2.99. The standard InChI is InChI=1S/C7H14N2/c1-5-7(2)8-6-9(3)4/h5-7H,1H2,2-4H3. The van der Waals surface area contributed by atoms with Crippen LogP contribution in [0.3, 0.4) is 0 Å². The lowest BCUT2D eigenvalue weighted by Crippen LogP contribution is -2.09. The van der Waals surface area contributed by atoms with Crippen LogP contribution in [0.5, 0.6) is 0 Å². The third kappa shape index (κ3) is 5.07. The van der Waals surface area contributed by atoms with Gasteiger partial charge < -0.3 is 4.90 Å². The average Bonchev–Trinajstić information content (AvgIpc) is 1.83. The van der Waals surface area contributed by atoms with Crippen LogP contribution < -0.4 is 0 Å². The fourth-order valence-corrected chi connectivity index (χ4v) is 0.299. The van der Waals surface area contributed by atoms with E-state index in [4.69, 9.17) is 0 Å². The highest BCUT2D eigenvalue weighted by molar-refractivity contribution is 5.54. The Morgan fingerprint density at radius 1 is 1.56 bits per heavy atom. The van der Waals surface area contributed by atoms with Crippen molar-refractivity contribution in [1.29, 1.82) is 0 Å². The maximum absolute atomic E-state index is 4.12. The molecule has 1 atom stereocenters. The molecule has 0 aliphatic heterocycles. The minimum absolute atomic E-state index is 0.229. The second-order valence-electron chi connectivity index (χ2n) is 2.20. The van der Waals surface area contributed by atoms with Crippen LogP contribution in [0, 0.1) is 0 Å². The van der Waals surface area contributed by atoms with Gasteiger partial charge in [-0.25, -0.2) is 0 Å². The van der Waals surface area contributed by atoms with Gasteiger partial charge in [0.1, 0.15) is 0 Å². The van der Waals surface area contributed by atoms with Gasteiger partial charge in [0.25, 0.3) is 0 Å². The van der Waals surface area contributed by atoms with Gasteiger partial charge >= 0.3 is 0 Å². The second kappa shape index (κ2) is 4.13. The Kier molecular flexibility index (Phi) is 3.76. The summed E-state index contributed by atoms with van der Waals surface area (Å²) in [5, 5.41) is 0. The van der Waals surface area contributed by atoms with Crippen LogP contribution in [-0.4, -0.2) is 31.4 Å². The first kappa shape index (κ1) is 8.21. The Labute approximate surface area is 56.9 Å². The van der Waals surface area contributed by atoms with Crippen LogP contribution in [-0.2, 0) is 0 Å². The molecular weight excluding hydrogens is 112 g/mol. The van der Waals surface area contributed by atoms with Gasteiger partial charge in [-0.2, -0.15) is 0 Å². The Morgan fingerprint density at radius 2 is 2.11 bits per heavy atom. The molecule has 52 valence electrons. The molecule has 0 rings (SSSR count). The zero-order valence-corrected chi connectivity index (χ0v) is 6.33. The van der Waals surface area contributed by atoms with Crippen molar-refractivity contribution < 1.29 is 0 Å². The molecule has 0 N–H and O–H groups in total. The smallest absolute Gasteiger partial charge is 0.0851 e. The van der Waals surface area contributed by atoms with E-state index in [1.165, 1.54) is 0 Å². The second-order valence-corrected chi connectivity index (χ2v) is 2.20. The predicted octanol–water partition coefficient (Wildman–Crippen LogP) is 1.15. The Balaban J connectivity index is 3.56. The lowest BCUT2D eigenvalue weighted by Gasteiger charge is -2.03. The van der Waals surface area contributed by atoms with Gasteiger partial charge in [-0.3, -0.25) is 4.99 Å². The van der Waals surface area contributed by atoms with Crippen molar-refractivity contribution in [2.45, 2.75) is 13.0 Å². The zero-order chi connectivity index (χ0) is 7.28. The predicted molar refractivity (Wildman–Crippen MR) is 41.8 cm³/mol. The van der Waals surface area contributed by atoms with E-state index in [0.717, 1.165) is 0 Å². The van der Waals surface area contributed by atoms with Crippen molar-refractivity contribution >= 4 is 6.34 Å². The van der Waals surface area contributed by atoms with Crippen LogP contribution in [0.25, 0.3) is 0 Å². The zero-order valence-electron chi connectivity index (χ0n) is 6.33. The Hall–Kier alpha value is -0.790. The highest BCUT2D eigenvalue weighted by Crippen LogP contribution is 1.86. The molecule has 0 heterocycles. The van der Waals surface area contributed by atoms with Crippen molar-refractivity contribution in [3.8, 4) is 0 Å². The number of nitrogens with zero attached hydrogens (tertiary/aromatic N) is 2. The van der Waals surface area contributed by atoms with Gasteiger partial charge in [-0.05, 0) is 6.92 Å². The topological polar surface area (TPSA) is 15.6 Å². The van der Waals surface area contributed by atoms with Crippen molar-refractivity contribution in [3.05, 3.63) is 12.7 Å². The molecule has 0 aliphatic rings.